The number of rotatable bonds is 18. The number of anilines is 1. The molecule has 2 aromatic carbocycles. The van der Waals surface area contributed by atoms with Gasteiger partial charge in [-0.15, -0.1) is 31.3 Å². The molecule has 0 bridgehead atoms. The lowest BCUT2D eigenvalue weighted by atomic mass is 10.1. The van der Waals surface area contributed by atoms with Gasteiger partial charge in [-0.25, -0.2) is 4.68 Å². The fourth-order valence-corrected chi connectivity index (χ4v) is 4.84. The second-order valence-corrected chi connectivity index (χ2v) is 9.69. The number of nitrogens with zero attached hydrogens (tertiary/aromatic N) is 5. The van der Waals surface area contributed by atoms with E-state index in [1.807, 2.05) is 65.0 Å². The molecule has 0 fully saturated rings. The topological polar surface area (TPSA) is 111 Å². The van der Waals surface area contributed by atoms with E-state index in [-0.39, 0.29) is 0 Å². The van der Waals surface area contributed by atoms with Crippen molar-refractivity contribution in [2.24, 2.45) is 5.90 Å². The molecule has 0 amide bonds. The van der Waals surface area contributed by atoms with Crippen LogP contribution in [0.4, 0.5) is 5.69 Å². The van der Waals surface area contributed by atoms with Crippen LogP contribution >= 0.6 is 24.1 Å². The van der Waals surface area contributed by atoms with Gasteiger partial charge < -0.3 is 4.18 Å². The molecule has 0 radical (unpaired) electrons. The Morgan fingerprint density at radius 2 is 1.50 bits per heavy atom. The maximum atomic E-state index is 9.04. The first-order valence-electron chi connectivity index (χ1n) is 12.0. The monoisotopic (exact) mass is 528 g/mol. The smallest absolute Gasteiger partial charge is 0.260 e. The maximum Gasteiger partial charge on any atom is 0.260 e. The van der Waals surface area contributed by atoms with Gasteiger partial charge in [-0.1, -0.05) is 38.5 Å². The third-order valence-electron chi connectivity index (χ3n) is 5.53. The van der Waals surface area contributed by atoms with Gasteiger partial charge in [-0.2, -0.15) is 11.2 Å². The lowest BCUT2D eigenvalue weighted by Crippen LogP contribution is -2.29. The minimum atomic E-state index is 0.658. The standard InChI is InChI=1S/C25H32N6O3S2/c26-19-22-9-11-23(12-10-22)31(30-20-28-29-21-30)17-7-5-3-1-2-4-6-8-18-35-25-15-13-24(14-16-25)32-36-34-33-27/h9-16,20-21H,1-8,17-18,27H2. The Hall–Kier alpha value is -2.75. The molecule has 2 N–H and O–H groups in total. The number of benzene rings is 2. The highest BCUT2D eigenvalue weighted by molar-refractivity contribution is 7.99. The Kier molecular flexibility index (Phi) is 13.0. The van der Waals surface area contributed by atoms with Gasteiger partial charge in [-0.3, -0.25) is 5.01 Å². The molecule has 0 atom stereocenters. The highest BCUT2D eigenvalue weighted by atomic mass is 32.2. The highest BCUT2D eigenvalue weighted by Crippen LogP contribution is 2.25. The molecule has 3 rings (SSSR count). The van der Waals surface area contributed by atoms with Gasteiger partial charge in [0.15, 0.2) is 0 Å². The van der Waals surface area contributed by atoms with Crippen LogP contribution in [0.2, 0.25) is 0 Å². The first-order chi connectivity index (χ1) is 17.8. The van der Waals surface area contributed by atoms with E-state index in [1.54, 1.807) is 12.7 Å². The normalized spacial score (nSPS) is 10.8. The summed E-state index contributed by atoms with van der Waals surface area (Å²) < 4.78 is 11.5. The van der Waals surface area contributed by atoms with Crippen LogP contribution in [0.5, 0.6) is 5.75 Å². The molecule has 9 nitrogen and oxygen atoms in total. The average Bonchev–Trinajstić information content (AvgIpc) is 3.45. The summed E-state index contributed by atoms with van der Waals surface area (Å²) in [6.45, 7) is 0.878. The zero-order chi connectivity index (χ0) is 25.3. The molecule has 192 valence electrons. The maximum absolute atomic E-state index is 9.04. The largest absolute Gasteiger partial charge is 0.399 e. The van der Waals surface area contributed by atoms with Crippen molar-refractivity contribution >= 4 is 29.8 Å². The summed E-state index contributed by atoms with van der Waals surface area (Å²) in [6, 6.07) is 17.6. The summed E-state index contributed by atoms with van der Waals surface area (Å²) in [5.41, 5.74) is 1.69. The SMILES string of the molecule is N#Cc1ccc(N(CCCCCCCCCCSc2ccc(OSOON)cc2)n2cnnc2)cc1. The highest BCUT2D eigenvalue weighted by Gasteiger charge is 2.09. The van der Waals surface area contributed by atoms with Crippen molar-refractivity contribution in [3.63, 3.8) is 0 Å². The van der Waals surface area contributed by atoms with Gasteiger partial charge in [0.05, 0.1) is 17.3 Å². The molecule has 36 heavy (non-hydrogen) atoms. The van der Waals surface area contributed by atoms with E-state index < -0.39 is 0 Å². The number of nitriles is 1. The molecule has 11 heteroatoms. The molecule has 1 aromatic heterocycles. The zero-order valence-electron chi connectivity index (χ0n) is 20.2. The second-order valence-electron chi connectivity index (χ2n) is 8.09. The molecule has 0 saturated heterocycles. The average molecular weight is 529 g/mol. The van der Waals surface area contributed by atoms with E-state index in [9.17, 15) is 0 Å². The number of nitrogens with two attached hydrogens (primary N) is 1. The van der Waals surface area contributed by atoms with Gasteiger partial charge in [0.2, 0.25) is 0 Å². The van der Waals surface area contributed by atoms with E-state index >= 15 is 0 Å². The Balaban J connectivity index is 1.22. The van der Waals surface area contributed by atoms with Crippen molar-refractivity contribution in [1.82, 2.24) is 14.9 Å². The Morgan fingerprint density at radius 1 is 0.861 bits per heavy atom. The Labute approximate surface area is 221 Å². The van der Waals surface area contributed by atoms with Crippen LogP contribution in [0, 0.1) is 11.3 Å². The summed E-state index contributed by atoms with van der Waals surface area (Å²) in [5, 5.41) is 19.0. The van der Waals surface area contributed by atoms with Gasteiger partial charge >= 0.3 is 0 Å². The summed E-state index contributed by atoms with van der Waals surface area (Å²) >= 11 is 2.54. The van der Waals surface area contributed by atoms with E-state index in [0.717, 1.165) is 24.4 Å². The lowest BCUT2D eigenvalue weighted by Gasteiger charge is -2.24. The number of hydrogen-bond acceptors (Lipinski definition) is 10. The van der Waals surface area contributed by atoms with Crippen molar-refractivity contribution in [2.45, 2.75) is 56.3 Å². The predicted octanol–water partition coefficient (Wildman–Crippen LogP) is 6.10. The van der Waals surface area contributed by atoms with Crippen molar-refractivity contribution in [3.8, 4) is 11.8 Å². The molecular formula is C25H32N6O3S2. The van der Waals surface area contributed by atoms with E-state index in [4.69, 9.17) is 15.3 Å². The Morgan fingerprint density at radius 3 is 2.14 bits per heavy atom. The van der Waals surface area contributed by atoms with Crippen molar-refractivity contribution in [2.75, 3.05) is 17.3 Å². The minimum Gasteiger partial charge on any atom is -0.399 e. The number of unbranched alkanes of at least 4 members (excludes halogenated alkanes) is 7. The van der Waals surface area contributed by atoms with Gasteiger partial charge in [-0.05, 0) is 67.1 Å². The number of aromatic nitrogens is 3. The predicted molar refractivity (Wildman–Crippen MR) is 143 cm³/mol. The third kappa shape index (κ3) is 10.1. The molecule has 0 aliphatic carbocycles. The summed E-state index contributed by atoms with van der Waals surface area (Å²) in [7, 11) is 0. The third-order valence-corrected chi connectivity index (χ3v) is 7.03. The molecule has 0 saturated carbocycles. The van der Waals surface area contributed by atoms with Gasteiger partial charge in [0, 0.05) is 11.4 Å². The first kappa shape index (κ1) is 27.8. The van der Waals surface area contributed by atoms with Crippen LogP contribution < -0.4 is 15.1 Å². The van der Waals surface area contributed by atoms with Crippen LogP contribution in [-0.4, -0.2) is 27.2 Å². The second kappa shape index (κ2) is 16.8. The van der Waals surface area contributed by atoms with E-state index in [2.05, 4.69) is 30.6 Å². The van der Waals surface area contributed by atoms with E-state index in [1.165, 1.54) is 49.8 Å². The van der Waals surface area contributed by atoms with Crippen LogP contribution in [0.15, 0.2) is 66.1 Å². The molecule has 3 aromatic rings. The molecule has 1 heterocycles. The van der Waals surface area contributed by atoms with Gasteiger partial charge in [0.1, 0.15) is 18.4 Å². The summed E-state index contributed by atoms with van der Waals surface area (Å²) in [6.07, 6.45) is 13.3. The molecule has 0 aliphatic rings. The van der Waals surface area contributed by atoms with E-state index in [0.29, 0.717) is 23.6 Å². The van der Waals surface area contributed by atoms with Crippen LogP contribution in [0.25, 0.3) is 0 Å². The van der Waals surface area contributed by atoms with Crippen molar-refractivity contribution < 1.29 is 13.5 Å². The summed E-state index contributed by atoms with van der Waals surface area (Å²) in [4.78, 5) is 5.19. The van der Waals surface area contributed by atoms with Crippen molar-refractivity contribution in [1.29, 1.82) is 5.26 Å². The zero-order valence-corrected chi connectivity index (χ0v) is 21.8. The van der Waals surface area contributed by atoms with Gasteiger partial charge in [0.25, 0.3) is 12.3 Å². The first-order valence-corrected chi connectivity index (χ1v) is 13.7. The van der Waals surface area contributed by atoms with Crippen molar-refractivity contribution in [3.05, 3.63) is 66.7 Å². The Bertz CT molecular complexity index is 1010. The summed E-state index contributed by atoms with van der Waals surface area (Å²) in [5.74, 6) is 6.55. The molecule has 0 unspecified atom stereocenters. The molecule has 0 spiro atoms. The van der Waals surface area contributed by atoms with Crippen LogP contribution in [0.3, 0.4) is 0 Å². The quantitative estimate of drug-likeness (QED) is 0.0683. The fraction of sp³-hybridized carbons (Fsp3) is 0.400. The van der Waals surface area contributed by atoms with Crippen LogP contribution in [-0.2, 0) is 9.32 Å². The lowest BCUT2D eigenvalue weighted by molar-refractivity contribution is -0.199. The number of thioether (sulfide) groups is 1. The number of hydrogen-bond donors (Lipinski definition) is 1. The van der Waals surface area contributed by atoms with Crippen LogP contribution in [0.1, 0.15) is 56.9 Å². The fourth-order valence-electron chi connectivity index (χ4n) is 3.68. The molecule has 0 aliphatic heterocycles. The molecular weight excluding hydrogens is 496 g/mol. The minimum absolute atomic E-state index is 0.658.